The quantitative estimate of drug-likeness (QED) is 0.556. The van der Waals surface area contributed by atoms with Gasteiger partial charge in [0, 0.05) is 12.3 Å². The highest BCUT2D eigenvalue weighted by Crippen LogP contribution is 2.15. The van der Waals surface area contributed by atoms with Crippen molar-refractivity contribution in [3.05, 3.63) is 35.4 Å². The number of carbonyl (C=O) groups is 1. The van der Waals surface area contributed by atoms with Gasteiger partial charge in [-0.05, 0) is 43.2 Å². The Morgan fingerprint density at radius 2 is 1.80 bits per heavy atom. The van der Waals surface area contributed by atoms with E-state index in [0.29, 0.717) is 18.2 Å². The monoisotopic (exact) mass is 295 g/mol. The van der Waals surface area contributed by atoms with Gasteiger partial charge in [-0.25, -0.2) is 0 Å². The van der Waals surface area contributed by atoms with Crippen molar-refractivity contribution in [2.75, 3.05) is 5.88 Å². The van der Waals surface area contributed by atoms with Gasteiger partial charge in [0.25, 0.3) is 0 Å². The van der Waals surface area contributed by atoms with Crippen molar-refractivity contribution in [2.45, 2.75) is 52.5 Å². The topological polar surface area (TPSA) is 29.1 Å². The van der Waals surface area contributed by atoms with E-state index < -0.39 is 0 Å². The summed E-state index contributed by atoms with van der Waals surface area (Å²) in [5, 5.41) is 3.03. The van der Waals surface area contributed by atoms with Crippen LogP contribution in [-0.4, -0.2) is 11.8 Å². The van der Waals surface area contributed by atoms with Gasteiger partial charge in [-0.3, -0.25) is 4.79 Å². The van der Waals surface area contributed by atoms with E-state index in [-0.39, 0.29) is 11.9 Å². The Bertz CT molecular complexity index is 400. The Kier molecular flexibility index (Phi) is 7.68. The van der Waals surface area contributed by atoms with Crippen LogP contribution in [0.2, 0.25) is 0 Å². The summed E-state index contributed by atoms with van der Waals surface area (Å²) in [6.45, 7) is 6.46. The van der Waals surface area contributed by atoms with Crippen LogP contribution in [0, 0.1) is 5.92 Å². The van der Waals surface area contributed by atoms with Crippen molar-refractivity contribution < 1.29 is 4.79 Å². The van der Waals surface area contributed by atoms with Crippen LogP contribution in [-0.2, 0) is 11.2 Å². The smallest absolute Gasteiger partial charge is 0.220 e. The Morgan fingerprint density at radius 1 is 1.15 bits per heavy atom. The molecule has 0 aliphatic carbocycles. The first-order valence-corrected chi connectivity index (χ1v) is 8.00. The molecule has 0 saturated heterocycles. The number of benzene rings is 1. The maximum Gasteiger partial charge on any atom is 0.220 e. The molecule has 2 nitrogen and oxygen atoms in total. The number of hydrogen-bond donors (Lipinski definition) is 1. The molecule has 0 aromatic heterocycles. The molecule has 1 aromatic rings. The number of halogens is 1. The molecule has 0 spiro atoms. The van der Waals surface area contributed by atoms with Gasteiger partial charge in [0.1, 0.15) is 0 Å². The molecule has 1 amide bonds. The molecule has 0 bridgehead atoms. The minimum absolute atomic E-state index is 0.0617. The minimum atomic E-state index is 0.0617. The molecule has 0 saturated carbocycles. The summed E-state index contributed by atoms with van der Waals surface area (Å²) in [6, 6.07) is 8.60. The molecular weight excluding hydrogens is 270 g/mol. The molecule has 1 atom stereocenters. The van der Waals surface area contributed by atoms with Crippen LogP contribution in [0.5, 0.6) is 0 Å². The van der Waals surface area contributed by atoms with Crippen LogP contribution in [0.25, 0.3) is 0 Å². The van der Waals surface area contributed by atoms with Crippen LogP contribution in [0.15, 0.2) is 24.3 Å². The van der Waals surface area contributed by atoms with Crippen molar-refractivity contribution in [1.82, 2.24) is 5.32 Å². The second kappa shape index (κ2) is 9.02. The van der Waals surface area contributed by atoms with Crippen LogP contribution in [0.1, 0.15) is 57.2 Å². The van der Waals surface area contributed by atoms with E-state index in [1.54, 1.807) is 0 Å². The predicted molar refractivity (Wildman–Crippen MR) is 86.1 cm³/mol. The Hall–Kier alpha value is -1.02. The Balaban J connectivity index is 2.46. The molecule has 1 rings (SSSR count). The highest BCUT2D eigenvalue weighted by molar-refractivity contribution is 6.17. The zero-order chi connectivity index (χ0) is 15.0. The zero-order valence-corrected chi connectivity index (χ0v) is 13.5. The van der Waals surface area contributed by atoms with Crippen molar-refractivity contribution in [3.63, 3.8) is 0 Å². The molecule has 1 N–H and O–H groups in total. The molecule has 0 radical (unpaired) electrons. The SMILES string of the molecule is CC(C)Cc1ccc(C(C)NC(=O)CCCCCl)cc1. The predicted octanol–water partition coefficient (Wildman–Crippen LogP) is 4.47. The molecule has 3 heteroatoms. The Labute approximate surface area is 127 Å². The molecule has 0 heterocycles. The molecule has 1 unspecified atom stereocenters. The van der Waals surface area contributed by atoms with Gasteiger partial charge >= 0.3 is 0 Å². The third-order valence-electron chi connectivity index (χ3n) is 3.29. The third kappa shape index (κ3) is 6.42. The van der Waals surface area contributed by atoms with Crippen LogP contribution < -0.4 is 5.32 Å². The highest BCUT2D eigenvalue weighted by atomic mass is 35.5. The van der Waals surface area contributed by atoms with Crippen LogP contribution in [0.4, 0.5) is 0 Å². The first-order chi connectivity index (χ1) is 9.52. The lowest BCUT2D eigenvalue weighted by atomic mass is 10.00. The number of amides is 1. The van der Waals surface area contributed by atoms with E-state index in [9.17, 15) is 4.79 Å². The number of hydrogen-bond acceptors (Lipinski definition) is 1. The molecule has 0 fully saturated rings. The highest BCUT2D eigenvalue weighted by Gasteiger charge is 2.09. The third-order valence-corrected chi connectivity index (χ3v) is 3.56. The fourth-order valence-electron chi connectivity index (χ4n) is 2.19. The fourth-order valence-corrected chi connectivity index (χ4v) is 2.38. The molecule has 20 heavy (non-hydrogen) atoms. The lowest BCUT2D eigenvalue weighted by Crippen LogP contribution is -2.26. The maximum atomic E-state index is 11.8. The number of nitrogens with one attached hydrogen (secondary N) is 1. The van der Waals surface area contributed by atoms with Crippen molar-refractivity contribution in [2.24, 2.45) is 5.92 Å². The van der Waals surface area contributed by atoms with Gasteiger partial charge in [0.15, 0.2) is 0 Å². The van der Waals surface area contributed by atoms with Crippen molar-refractivity contribution in [3.8, 4) is 0 Å². The van der Waals surface area contributed by atoms with E-state index in [4.69, 9.17) is 11.6 Å². The van der Waals surface area contributed by atoms with E-state index in [1.165, 1.54) is 5.56 Å². The van der Waals surface area contributed by atoms with Gasteiger partial charge in [0.2, 0.25) is 5.91 Å². The summed E-state index contributed by atoms with van der Waals surface area (Å²) in [5.74, 6) is 1.40. The molecule has 0 aliphatic rings. The molecule has 0 aliphatic heterocycles. The van der Waals surface area contributed by atoms with E-state index >= 15 is 0 Å². The van der Waals surface area contributed by atoms with Gasteiger partial charge in [-0.15, -0.1) is 11.6 Å². The lowest BCUT2D eigenvalue weighted by molar-refractivity contribution is -0.121. The number of rotatable bonds is 8. The summed E-state index contributed by atoms with van der Waals surface area (Å²) in [4.78, 5) is 11.8. The summed E-state index contributed by atoms with van der Waals surface area (Å²) < 4.78 is 0. The normalized spacial score (nSPS) is 12.4. The summed E-state index contributed by atoms with van der Waals surface area (Å²) >= 11 is 5.61. The second-order valence-corrected chi connectivity index (χ2v) is 6.15. The van der Waals surface area contributed by atoms with E-state index in [0.717, 1.165) is 24.8 Å². The van der Waals surface area contributed by atoms with Gasteiger partial charge in [0.05, 0.1) is 6.04 Å². The molecule has 112 valence electrons. The first kappa shape index (κ1) is 17.0. The average molecular weight is 296 g/mol. The lowest BCUT2D eigenvalue weighted by Gasteiger charge is -2.15. The maximum absolute atomic E-state index is 11.8. The molecular formula is C17H26ClNO. The standard InChI is InChI=1S/C17H26ClNO/c1-13(2)12-15-7-9-16(10-8-15)14(3)19-17(20)6-4-5-11-18/h7-10,13-14H,4-6,11-12H2,1-3H3,(H,19,20). The van der Waals surface area contributed by atoms with Gasteiger partial charge < -0.3 is 5.32 Å². The Morgan fingerprint density at radius 3 is 2.35 bits per heavy atom. The zero-order valence-electron chi connectivity index (χ0n) is 12.8. The largest absolute Gasteiger partial charge is 0.350 e. The summed E-state index contributed by atoms with van der Waals surface area (Å²) in [7, 11) is 0. The summed E-state index contributed by atoms with van der Waals surface area (Å²) in [5.41, 5.74) is 2.51. The van der Waals surface area contributed by atoms with Crippen molar-refractivity contribution in [1.29, 1.82) is 0 Å². The average Bonchev–Trinajstić information content (AvgIpc) is 2.39. The van der Waals surface area contributed by atoms with Gasteiger partial charge in [-0.2, -0.15) is 0 Å². The van der Waals surface area contributed by atoms with E-state index in [2.05, 4.69) is 43.4 Å². The van der Waals surface area contributed by atoms with Crippen LogP contribution in [0.3, 0.4) is 0 Å². The van der Waals surface area contributed by atoms with Crippen molar-refractivity contribution >= 4 is 17.5 Å². The van der Waals surface area contributed by atoms with Gasteiger partial charge in [-0.1, -0.05) is 38.1 Å². The first-order valence-electron chi connectivity index (χ1n) is 7.47. The minimum Gasteiger partial charge on any atom is -0.350 e. The fraction of sp³-hybridized carbons (Fsp3) is 0.588. The number of alkyl halides is 1. The summed E-state index contributed by atoms with van der Waals surface area (Å²) in [6.07, 6.45) is 3.41. The van der Waals surface area contributed by atoms with E-state index in [1.807, 2.05) is 6.92 Å². The number of unbranched alkanes of at least 4 members (excludes halogenated alkanes) is 1. The second-order valence-electron chi connectivity index (χ2n) is 5.77. The molecule has 1 aromatic carbocycles. The van der Waals surface area contributed by atoms with Crippen LogP contribution >= 0.6 is 11.6 Å². The number of carbonyl (C=O) groups excluding carboxylic acids is 1.